The number of azide groups is 1. The first-order valence-corrected chi connectivity index (χ1v) is 8.52. The van der Waals surface area contributed by atoms with Crippen molar-refractivity contribution >= 4 is 21.5 Å². The third-order valence-electron chi connectivity index (χ3n) is 2.86. The molecule has 0 atom stereocenters. The van der Waals surface area contributed by atoms with Crippen molar-refractivity contribution in [3.8, 4) is 0 Å². The Morgan fingerprint density at radius 1 is 1.19 bits per heavy atom. The van der Waals surface area contributed by atoms with Crippen molar-refractivity contribution in [2.24, 2.45) is 4.52 Å². The van der Waals surface area contributed by atoms with E-state index in [1.807, 2.05) is 47.8 Å². The molecule has 0 saturated heterocycles. The van der Waals surface area contributed by atoms with Crippen molar-refractivity contribution in [1.29, 1.82) is 0 Å². The Morgan fingerprint density at radius 3 is 2.57 bits per heavy atom. The van der Waals surface area contributed by atoms with Crippen LogP contribution in [0.5, 0.6) is 0 Å². The molecule has 0 radical (unpaired) electrons. The molecular formula is C13H14N4O2S2. The molecule has 6 nitrogen and oxygen atoms in total. The highest BCUT2D eigenvalue weighted by Crippen LogP contribution is 2.15. The summed E-state index contributed by atoms with van der Waals surface area (Å²) >= 11 is 1.57. The predicted octanol–water partition coefficient (Wildman–Crippen LogP) is 3.35. The van der Waals surface area contributed by atoms with E-state index in [9.17, 15) is 8.42 Å². The van der Waals surface area contributed by atoms with Gasteiger partial charge in [-0.25, -0.2) is 8.42 Å². The van der Waals surface area contributed by atoms with Crippen LogP contribution in [0.1, 0.15) is 10.4 Å². The van der Waals surface area contributed by atoms with E-state index in [1.165, 1.54) is 4.31 Å². The fourth-order valence-corrected chi connectivity index (χ4v) is 3.38. The summed E-state index contributed by atoms with van der Waals surface area (Å²) in [5.74, 6) is 0. The molecule has 0 fully saturated rings. The normalized spacial score (nSPS) is 11.3. The fraction of sp³-hybridized carbons (Fsp3) is 0.231. The summed E-state index contributed by atoms with van der Waals surface area (Å²) in [6.45, 7) is 0.463. The zero-order chi connectivity index (χ0) is 15.1. The summed E-state index contributed by atoms with van der Waals surface area (Å²) in [5.41, 5.74) is 9.27. The highest BCUT2D eigenvalue weighted by atomic mass is 32.2. The number of rotatable bonds is 7. The van der Waals surface area contributed by atoms with Crippen LogP contribution < -0.4 is 0 Å². The maximum atomic E-state index is 12.0. The molecular weight excluding hydrogens is 308 g/mol. The van der Waals surface area contributed by atoms with E-state index < -0.39 is 10.2 Å². The lowest BCUT2D eigenvalue weighted by atomic mass is 10.2. The van der Waals surface area contributed by atoms with E-state index in [4.69, 9.17) is 5.53 Å². The number of thiophene rings is 1. The number of nitrogens with zero attached hydrogens (tertiary/aromatic N) is 4. The largest absolute Gasteiger partial charge is 0.302 e. The lowest BCUT2D eigenvalue weighted by Crippen LogP contribution is -2.30. The van der Waals surface area contributed by atoms with Crippen molar-refractivity contribution in [2.75, 3.05) is 6.54 Å². The van der Waals surface area contributed by atoms with Crippen LogP contribution in [0.3, 0.4) is 0 Å². The number of benzene rings is 1. The highest BCUT2D eigenvalue weighted by Gasteiger charge is 2.20. The fourth-order valence-electron chi connectivity index (χ4n) is 1.85. The smallest absolute Gasteiger partial charge is 0.204 e. The minimum Gasteiger partial charge on any atom is -0.204 e. The Balaban J connectivity index is 2.16. The molecule has 21 heavy (non-hydrogen) atoms. The lowest BCUT2D eigenvalue weighted by molar-refractivity contribution is 0.411. The summed E-state index contributed by atoms with van der Waals surface area (Å²) < 4.78 is 28.1. The molecule has 0 spiro atoms. The molecule has 1 aromatic carbocycles. The van der Waals surface area contributed by atoms with Gasteiger partial charge < -0.3 is 0 Å². The second-order valence-corrected chi connectivity index (χ2v) is 6.91. The van der Waals surface area contributed by atoms with Gasteiger partial charge in [0.25, 0.3) is 0 Å². The minimum absolute atomic E-state index is 0.188. The molecule has 0 aliphatic heterocycles. The van der Waals surface area contributed by atoms with Crippen LogP contribution in [0.25, 0.3) is 10.4 Å². The Hall–Kier alpha value is -1.86. The molecule has 1 aromatic heterocycles. The van der Waals surface area contributed by atoms with Crippen LogP contribution in [-0.2, 0) is 23.2 Å². The summed E-state index contributed by atoms with van der Waals surface area (Å²) in [4.78, 5) is 3.50. The van der Waals surface area contributed by atoms with Gasteiger partial charge in [-0.2, -0.15) is 4.31 Å². The zero-order valence-corrected chi connectivity index (χ0v) is 12.8. The second-order valence-electron chi connectivity index (χ2n) is 4.30. The van der Waals surface area contributed by atoms with Crippen molar-refractivity contribution in [1.82, 2.24) is 4.31 Å². The van der Waals surface area contributed by atoms with Crippen LogP contribution in [-0.4, -0.2) is 19.3 Å². The average Bonchev–Trinajstić information content (AvgIpc) is 2.97. The van der Waals surface area contributed by atoms with Gasteiger partial charge in [0.1, 0.15) is 0 Å². The molecule has 0 saturated carbocycles. The van der Waals surface area contributed by atoms with Crippen molar-refractivity contribution in [2.45, 2.75) is 13.0 Å². The third-order valence-corrected chi connectivity index (χ3v) is 5.04. The SMILES string of the molecule is [N-]=[N+]=NS(=O)(=O)N(CCc1cccs1)Cc1ccccc1. The molecule has 8 heteroatoms. The van der Waals surface area contributed by atoms with Gasteiger partial charge in [-0.15, -0.1) is 11.3 Å². The quantitative estimate of drug-likeness (QED) is 0.444. The van der Waals surface area contributed by atoms with Crippen LogP contribution in [0, 0.1) is 0 Å². The van der Waals surface area contributed by atoms with Gasteiger partial charge in [0.05, 0.1) is 0 Å². The van der Waals surface area contributed by atoms with Gasteiger partial charge in [0.15, 0.2) is 0 Å². The lowest BCUT2D eigenvalue weighted by Gasteiger charge is -2.19. The molecule has 2 aromatic rings. The second kappa shape index (κ2) is 7.24. The molecule has 0 bridgehead atoms. The predicted molar refractivity (Wildman–Crippen MR) is 82.9 cm³/mol. The molecule has 1 heterocycles. The molecule has 0 unspecified atom stereocenters. The van der Waals surface area contributed by atoms with Gasteiger partial charge in [-0.1, -0.05) is 36.4 Å². The molecule has 110 valence electrons. The topological polar surface area (TPSA) is 86.1 Å². The maximum absolute atomic E-state index is 12.0. The van der Waals surface area contributed by atoms with E-state index in [0.29, 0.717) is 6.42 Å². The van der Waals surface area contributed by atoms with Gasteiger partial charge >= 0.3 is 10.2 Å². The van der Waals surface area contributed by atoms with E-state index >= 15 is 0 Å². The Bertz CT molecular complexity index is 708. The molecule has 2 rings (SSSR count). The molecule has 0 aliphatic carbocycles. The van der Waals surface area contributed by atoms with Crippen molar-refractivity contribution < 1.29 is 8.42 Å². The Kier molecular flexibility index (Phi) is 5.35. The van der Waals surface area contributed by atoms with Crippen LogP contribution in [0.2, 0.25) is 0 Å². The summed E-state index contributed by atoms with van der Waals surface area (Å²) in [6, 6.07) is 13.1. The van der Waals surface area contributed by atoms with Crippen molar-refractivity contribution in [3.63, 3.8) is 0 Å². The summed E-state index contributed by atoms with van der Waals surface area (Å²) in [5, 5.41) is 1.94. The maximum Gasteiger partial charge on any atom is 0.302 e. The van der Waals surface area contributed by atoms with Crippen LogP contribution in [0.15, 0.2) is 52.4 Å². The van der Waals surface area contributed by atoms with E-state index in [-0.39, 0.29) is 13.1 Å². The average molecular weight is 322 g/mol. The first kappa shape index (κ1) is 15.5. The van der Waals surface area contributed by atoms with Gasteiger partial charge in [-0.05, 0) is 29.0 Å². The summed E-state index contributed by atoms with van der Waals surface area (Å²) in [6.07, 6.45) is 0.588. The Morgan fingerprint density at radius 2 is 1.95 bits per heavy atom. The number of hydrogen-bond donors (Lipinski definition) is 0. The molecule has 0 N–H and O–H groups in total. The van der Waals surface area contributed by atoms with Crippen LogP contribution in [0.4, 0.5) is 0 Å². The van der Waals surface area contributed by atoms with E-state index in [2.05, 4.69) is 9.43 Å². The van der Waals surface area contributed by atoms with E-state index in [0.717, 1.165) is 10.4 Å². The van der Waals surface area contributed by atoms with E-state index in [1.54, 1.807) is 11.3 Å². The first-order chi connectivity index (χ1) is 10.1. The molecule has 0 amide bonds. The monoisotopic (exact) mass is 322 g/mol. The van der Waals surface area contributed by atoms with Gasteiger partial charge in [-0.3, -0.25) is 0 Å². The highest BCUT2D eigenvalue weighted by molar-refractivity contribution is 7.87. The molecule has 0 aliphatic rings. The summed E-state index contributed by atoms with van der Waals surface area (Å²) in [7, 11) is -3.98. The van der Waals surface area contributed by atoms with Gasteiger partial charge in [0, 0.05) is 27.4 Å². The Labute approximate surface area is 127 Å². The van der Waals surface area contributed by atoms with Crippen molar-refractivity contribution in [3.05, 3.63) is 68.7 Å². The van der Waals surface area contributed by atoms with Crippen LogP contribution >= 0.6 is 11.3 Å². The number of hydrogen-bond acceptors (Lipinski definition) is 3. The third kappa shape index (κ3) is 4.57. The van der Waals surface area contributed by atoms with Gasteiger partial charge in [0.2, 0.25) is 0 Å². The standard InChI is InChI=1S/C13H14N4O2S2/c14-15-16-21(18,19)17(9-8-13-7-4-10-20-13)11-12-5-2-1-3-6-12/h1-7,10H,8-9,11H2. The zero-order valence-electron chi connectivity index (χ0n) is 11.2. The first-order valence-electron chi connectivity index (χ1n) is 6.24. The minimum atomic E-state index is -3.98.